The van der Waals surface area contributed by atoms with E-state index in [1.54, 1.807) is 6.07 Å². The summed E-state index contributed by atoms with van der Waals surface area (Å²) in [6, 6.07) is 3.43. The maximum Gasteiger partial charge on any atom is 0.189 e. The summed E-state index contributed by atoms with van der Waals surface area (Å²) in [5.41, 5.74) is -0.493. The number of morpholine rings is 1. The van der Waals surface area contributed by atoms with Crippen LogP contribution in [0, 0.1) is 0 Å². The van der Waals surface area contributed by atoms with E-state index in [4.69, 9.17) is 16.3 Å². The zero-order valence-electron chi connectivity index (χ0n) is 12.7. The smallest absolute Gasteiger partial charge is 0.189 e. The Kier molecular flexibility index (Phi) is 4.32. The van der Waals surface area contributed by atoms with Crippen molar-refractivity contribution in [3.05, 3.63) is 21.3 Å². The summed E-state index contributed by atoms with van der Waals surface area (Å²) in [6.45, 7) is 11.7. The number of nitrogens with zero attached hydrogens (tertiary/aromatic N) is 1. The molecule has 2 heterocycles. The topological polar surface area (TPSA) is 29.5 Å². The first-order chi connectivity index (χ1) is 9.10. The molecule has 1 aromatic heterocycles. The highest BCUT2D eigenvalue weighted by Crippen LogP contribution is 2.31. The van der Waals surface area contributed by atoms with Crippen LogP contribution < -0.4 is 0 Å². The third-order valence-corrected chi connectivity index (χ3v) is 4.71. The monoisotopic (exact) mass is 315 g/mol. The highest BCUT2D eigenvalue weighted by atomic mass is 35.5. The van der Waals surface area contributed by atoms with Gasteiger partial charge in [-0.15, -0.1) is 11.3 Å². The zero-order chi connectivity index (χ0) is 15.1. The molecule has 20 heavy (non-hydrogen) atoms. The van der Waals surface area contributed by atoms with Crippen LogP contribution in [0.15, 0.2) is 12.1 Å². The van der Waals surface area contributed by atoms with Gasteiger partial charge in [0.05, 0.1) is 26.5 Å². The van der Waals surface area contributed by atoms with Crippen molar-refractivity contribution in [2.45, 2.75) is 51.9 Å². The van der Waals surface area contributed by atoms with E-state index in [1.165, 1.54) is 11.3 Å². The van der Waals surface area contributed by atoms with Crippen LogP contribution in [-0.2, 0) is 4.74 Å². The standard InChI is InChI=1S/C15H22ClNO2S/c1-10(13(18)11-6-7-12(16)20-11)17-8-14(2,3)19-15(4,5)9-17/h6-7,10H,8-9H2,1-5H3. The highest BCUT2D eigenvalue weighted by molar-refractivity contribution is 7.18. The van der Waals surface area contributed by atoms with Crippen LogP contribution in [0.4, 0.5) is 0 Å². The van der Waals surface area contributed by atoms with Crippen LogP contribution in [0.3, 0.4) is 0 Å². The average molecular weight is 316 g/mol. The SMILES string of the molecule is CC(C(=O)c1ccc(Cl)s1)N1CC(C)(C)OC(C)(C)C1. The van der Waals surface area contributed by atoms with Gasteiger partial charge in [0.2, 0.25) is 0 Å². The lowest BCUT2D eigenvalue weighted by Gasteiger charge is -2.48. The number of ketones is 1. The molecule has 1 aromatic rings. The third-order valence-electron chi connectivity index (χ3n) is 3.46. The number of hydrogen-bond acceptors (Lipinski definition) is 4. The minimum absolute atomic E-state index is 0.135. The molecule has 0 aliphatic carbocycles. The Morgan fingerprint density at radius 2 is 1.85 bits per heavy atom. The maximum atomic E-state index is 12.5. The van der Waals surface area contributed by atoms with Gasteiger partial charge in [-0.3, -0.25) is 9.69 Å². The van der Waals surface area contributed by atoms with E-state index in [2.05, 4.69) is 32.6 Å². The van der Waals surface area contributed by atoms with E-state index in [9.17, 15) is 4.79 Å². The summed E-state index contributed by atoms with van der Waals surface area (Å²) in [5.74, 6) is 0.135. The molecule has 112 valence electrons. The summed E-state index contributed by atoms with van der Waals surface area (Å²) in [4.78, 5) is 15.5. The summed E-state index contributed by atoms with van der Waals surface area (Å²) in [7, 11) is 0. The second-order valence-corrected chi connectivity index (χ2v) is 8.39. The average Bonchev–Trinajstić information content (AvgIpc) is 2.69. The lowest BCUT2D eigenvalue weighted by atomic mass is 9.96. The Morgan fingerprint density at radius 3 is 2.30 bits per heavy atom. The highest BCUT2D eigenvalue weighted by Gasteiger charge is 2.41. The quantitative estimate of drug-likeness (QED) is 0.793. The molecule has 0 saturated carbocycles. The van der Waals surface area contributed by atoms with Gasteiger partial charge in [-0.25, -0.2) is 0 Å². The molecule has 1 saturated heterocycles. The summed E-state index contributed by atoms with van der Waals surface area (Å²) >= 11 is 7.26. The Balaban J connectivity index is 2.16. The molecule has 0 amide bonds. The number of carbonyl (C=O) groups is 1. The van der Waals surface area contributed by atoms with Gasteiger partial charge in [0.25, 0.3) is 0 Å². The number of halogens is 1. The Morgan fingerprint density at radius 1 is 1.30 bits per heavy atom. The molecule has 0 bridgehead atoms. The van der Waals surface area contributed by atoms with Gasteiger partial charge in [0.15, 0.2) is 5.78 Å². The van der Waals surface area contributed by atoms with Crippen LogP contribution in [0.1, 0.15) is 44.3 Å². The number of Topliss-reactive ketones (excluding diaryl/α,β-unsaturated/α-hetero) is 1. The molecule has 1 fully saturated rings. The summed E-state index contributed by atoms with van der Waals surface area (Å²) in [5, 5.41) is 0. The molecule has 0 N–H and O–H groups in total. The molecule has 5 heteroatoms. The van der Waals surface area contributed by atoms with Gasteiger partial charge >= 0.3 is 0 Å². The third kappa shape index (κ3) is 3.61. The predicted molar refractivity (Wildman–Crippen MR) is 83.9 cm³/mol. The van der Waals surface area contributed by atoms with Crippen LogP contribution in [0.5, 0.6) is 0 Å². The first-order valence-corrected chi connectivity index (χ1v) is 8.03. The van der Waals surface area contributed by atoms with Crippen molar-refractivity contribution in [3.8, 4) is 0 Å². The molecule has 0 spiro atoms. The van der Waals surface area contributed by atoms with Gasteiger partial charge in [-0.05, 0) is 46.8 Å². The zero-order valence-corrected chi connectivity index (χ0v) is 14.3. The van der Waals surface area contributed by atoms with E-state index in [1.807, 2.05) is 13.0 Å². The minimum Gasteiger partial charge on any atom is -0.367 e. The summed E-state index contributed by atoms with van der Waals surface area (Å²) in [6.07, 6.45) is 0. The minimum atomic E-state index is -0.247. The van der Waals surface area contributed by atoms with E-state index < -0.39 is 0 Å². The number of hydrogen-bond donors (Lipinski definition) is 0. The number of thiophene rings is 1. The Hall–Kier alpha value is -0.420. The Labute approximate surface area is 129 Å². The molecule has 0 radical (unpaired) electrons. The molecule has 1 aliphatic rings. The van der Waals surface area contributed by atoms with Crippen LogP contribution in [-0.4, -0.2) is 41.0 Å². The fourth-order valence-electron chi connectivity index (χ4n) is 2.94. The second-order valence-electron chi connectivity index (χ2n) is 6.67. The molecule has 1 atom stereocenters. The van der Waals surface area contributed by atoms with Gasteiger partial charge in [-0.1, -0.05) is 11.6 Å². The van der Waals surface area contributed by atoms with Crippen molar-refractivity contribution in [2.24, 2.45) is 0 Å². The predicted octanol–water partition coefficient (Wildman–Crippen LogP) is 3.86. The van der Waals surface area contributed by atoms with Crippen molar-refractivity contribution in [1.82, 2.24) is 4.90 Å². The molecule has 1 aliphatic heterocycles. The molecule has 2 rings (SSSR count). The van der Waals surface area contributed by atoms with Gasteiger partial charge in [0, 0.05) is 13.1 Å². The molecule has 1 unspecified atom stereocenters. The normalized spacial score (nSPS) is 23.5. The maximum absolute atomic E-state index is 12.5. The fourth-order valence-corrected chi connectivity index (χ4v) is 4.00. The molecule has 0 aromatic carbocycles. The lowest BCUT2D eigenvalue weighted by molar-refractivity contribution is -0.183. The molecule has 3 nitrogen and oxygen atoms in total. The van der Waals surface area contributed by atoms with Crippen molar-refractivity contribution in [2.75, 3.05) is 13.1 Å². The molecular weight excluding hydrogens is 294 g/mol. The first-order valence-electron chi connectivity index (χ1n) is 6.83. The van der Waals surface area contributed by atoms with Crippen molar-refractivity contribution < 1.29 is 9.53 Å². The van der Waals surface area contributed by atoms with Crippen LogP contribution >= 0.6 is 22.9 Å². The number of carbonyl (C=O) groups excluding carboxylic acids is 1. The van der Waals surface area contributed by atoms with Crippen molar-refractivity contribution in [1.29, 1.82) is 0 Å². The number of ether oxygens (including phenoxy) is 1. The summed E-state index contributed by atoms with van der Waals surface area (Å²) < 4.78 is 6.72. The van der Waals surface area contributed by atoms with E-state index in [0.717, 1.165) is 18.0 Å². The second kappa shape index (κ2) is 5.41. The fraction of sp³-hybridized carbons (Fsp3) is 0.667. The van der Waals surface area contributed by atoms with E-state index >= 15 is 0 Å². The van der Waals surface area contributed by atoms with E-state index in [-0.39, 0.29) is 23.0 Å². The van der Waals surface area contributed by atoms with E-state index in [0.29, 0.717) is 4.34 Å². The van der Waals surface area contributed by atoms with Gasteiger partial charge in [-0.2, -0.15) is 0 Å². The lowest BCUT2D eigenvalue weighted by Crippen LogP contribution is -2.60. The van der Waals surface area contributed by atoms with Gasteiger partial charge in [0.1, 0.15) is 0 Å². The molecular formula is C15H22ClNO2S. The largest absolute Gasteiger partial charge is 0.367 e. The van der Waals surface area contributed by atoms with Crippen molar-refractivity contribution >= 4 is 28.7 Å². The number of rotatable bonds is 3. The van der Waals surface area contributed by atoms with Crippen LogP contribution in [0.25, 0.3) is 0 Å². The Bertz CT molecular complexity index is 494. The van der Waals surface area contributed by atoms with Gasteiger partial charge < -0.3 is 4.74 Å². The first kappa shape index (κ1) is 16.0. The van der Waals surface area contributed by atoms with Crippen LogP contribution in [0.2, 0.25) is 4.34 Å². The van der Waals surface area contributed by atoms with Crippen molar-refractivity contribution in [3.63, 3.8) is 0 Å².